The zero-order chi connectivity index (χ0) is 21.4. The SMILES string of the molecule is O=C(COc1ccccc1F)NCCOc1ccc(S(=O)(=O)N2CCCCC2)cc1. The first-order chi connectivity index (χ1) is 14.5. The van der Waals surface area contributed by atoms with Gasteiger partial charge in [-0.3, -0.25) is 4.79 Å². The van der Waals surface area contributed by atoms with E-state index in [0.717, 1.165) is 19.3 Å². The number of nitrogens with zero attached hydrogens (tertiary/aromatic N) is 1. The van der Waals surface area contributed by atoms with Gasteiger partial charge in [-0.25, -0.2) is 12.8 Å². The van der Waals surface area contributed by atoms with Gasteiger partial charge in [-0.15, -0.1) is 0 Å². The zero-order valence-corrected chi connectivity index (χ0v) is 17.4. The molecule has 0 aromatic heterocycles. The minimum absolute atomic E-state index is 0.0171. The highest BCUT2D eigenvalue weighted by atomic mass is 32.2. The fraction of sp³-hybridized carbons (Fsp3) is 0.381. The van der Waals surface area contributed by atoms with Gasteiger partial charge >= 0.3 is 0 Å². The fourth-order valence-electron chi connectivity index (χ4n) is 3.08. The predicted molar refractivity (Wildman–Crippen MR) is 109 cm³/mol. The molecule has 7 nitrogen and oxygen atoms in total. The van der Waals surface area contributed by atoms with Crippen molar-refractivity contribution >= 4 is 15.9 Å². The number of ether oxygens (including phenoxy) is 2. The third-order valence-electron chi connectivity index (χ3n) is 4.66. The predicted octanol–water partition coefficient (Wildman–Crippen LogP) is 2.57. The van der Waals surface area contributed by atoms with Crippen LogP contribution in [0.3, 0.4) is 0 Å². The Morgan fingerprint density at radius 1 is 1.00 bits per heavy atom. The van der Waals surface area contributed by atoms with Gasteiger partial charge in [0.05, 0.1) is 11.4 Å². The van der Waals surface area contributed by atoms with Crippen LogP contribution in [0.25, 0.3) is 0 Å². The average molecular weight is 437 g/mol. The number of carbonyl (C=O) groups is 1. The number of para-hydroxylation sites is 1. The van der Waals surface area contributed by atoms with Crippen molar-refractivity contribution < 1.29 is 27.1 Å². The van der Waals surface area contributed by atoms with Gasteiger partial charge in [-0.2, -0.15) is 4.31 Å². The molecule has 162 valence electrons. The standard InChI is InChI=1S/C21H25FN2O5S/c22-19-6-2-3-7-20(19)29-16-21(25)23-12-15-28-17-8-10-18(11-9-17)30(26,27)24-13-4-1-5-14-24/h2-3,6-11H,1,4-5,12-16H2,(H,23,25). The van der Waals surface area contributed by atoms with Crippen LogP contribution in [0.4, 0.5) is 4.39 Å². The molecule has 1 aliphatic rings. The number of carbonyl (C=O) groups excluding carboxylic acids is 1. The van der Waals surface area contributed by atoms with E-state index in [9.17, 15) is 17.6 Å². The Hall–Kier alpha value is -2.65. The van der Waals surface area contributed by atoms with Gasteiger partial charge in [0, 0.05) is 13.1 Å². The molecule has 3 rings (SSSR count). The lowest BCUT2D eigenvalue weighted by Gasteiger charge is -2.25. The number of nitrogens with one attached hydrogen (secondary N) is 1. The minimum Gasteiger partial charge on any atom is -0.492 e. The fourth-order valence-corrected chi connectivity index (χ4v) is 4.59. The second-order valence-electron chi connectivity index (χ2n) is 6.85. The third-order valence-corrected chi connectivity index (χ3v) is 6.58. The van der Waals surface area contributed by atoms with Crippen molar-refractivity contribution in [2.75, 3.05) is 32.8 Å². The lowest BCUT2D eigenvalue weighted by atomic mass is 10.2. The Morgan fingerprint density at radius 2 is 1.70 bits per heavy atom. The normalized spacial score (nSPS) is 14.8. The van der Waals surface area contributed by atoms with Crippen molar-refractivity contribution in [1.82, 2.24) is 9.62 Å². The van der Waals surface area contributed by atoms with Crippen molar-refractivity contribution in [3.05, 3.63) is 54.3 Å². The largest absolute Gasteiger partial charge is 0.492 e. The quantitative estimate of drug-likeness (QED) is 0.611. The Labute approximate surface area is 175 Å². The first-order valence-electron chi connectivity index (χ1n) is 9.84. The molecule has 30 heavy (non-hydrogen) atoms. The van der Waals surface area contributed by atoms with Crippen molar-refractivity contribution in [2.45, 2.75) is 24.2 Å². The molecule has 1 aliphatic heterocycles. The van der Waals surface area contributed by atoms with Crippen LogP contribution in [0.15, 0.2) is 53.4 Å². The van der Waals surface area contributed by atoms with E-state index in [1.54, 1.807) is 18.2 Å². The summed E-state index contributed by atoms with van der Waals surface area (Å²) in [6, 6.07) is 12.1. The lowest BCUT2D eigenvalue weighted by Crippen LogP contribution is -2.35. The molecule has 0 unspecified atom stereocenters. The van der Waals surface area contributed by atoms with Crippen LogP contribution in [-0.2, 0) is 14.8 Å². The van der Waals surface area contributed by atoms with E-state index in [-0.39, 0.29) is 30.4 Å². The number of piperidine rings is 1. The highest BCUT2D eigenvalue weighted by molar-refractivity contribution is 7.89. The summed E-state index contributed by atoms with van der Waals surface area (Å²) in [5.41, 5.74) is 0. The maximum atomic E-state index is 13.4. The molecule has 1 N–H and O–H groups in total. The molecule has 0 aliphatic carbocycles. The molecule has 1 heterocycles. The molecule has 1 saturated heterocycles. The molecule has 0 radical (unpaired) electrons. The van der Waals surface area contributed by atoms with Crippen molar-refractivity contribution in [1.29, 1.82) is 0 Å². The summed E-state index contributed by atoms with van der Waals surface area (Å²) in [5, 5.41) is 2.61. The third kappa shape index (κ3) is 5.93. The monoisotopic (exact) mass is 436 g/mol. The summed E-state index contributed by atoms with van der Waals surface area (Å²) in [7, 11) is -3.47. The van der Waals surface area contributed by atoms with Crippen LogP contribution in [0.1, 0.15) is 19.3 Å². The van der Waals surface area contributed by atoms with Gasteiger partial charge < -0.3 is 14.8 Å². The molecule has 2 aromatic carbocycles. The van der Waals surface area contributed by atoms with Gasteiger partial charge in [-0.05, 0) is 49.2 Å². The summed E-state index contributed by atoms with van der Waals surface area (Å²) in [4.78, 5) is 12.0. The van der Waals surface area contributed by atoms with E-state index < -0.39 is 21.7 Å². The highest BCUT2D eigenvalue weighted by Crippen LogP contribution is 2.22. The second kappa shape index (κ2) is 10.4. The first-order valence-corrected chi connectivity index (χ1v) is 11.3. The van der Waals surface area contributed by atoms with Crippen LogP contribution in [0, 0.1) is 5.82 Å². The highest BCUT2D eigenvalue weighted by Gasteiger charge is 2.25. The number of hydrogen-bond donors (Lipinski definition) is 1. The first kappa shape index (κ1) is 22.0. The number of amides is 1. The molecular formula is C21H25FN2O5S. The average Bonchev–Trinajstić information content (AvgIpc) is 2.77. The van der Waals surface area contributed by atoms with Crippen LogP contribution in [0.5, 0.6) is 11.5 Å². The van der Waals surface area contributed by atoms with Gasteiger partial charge in [0.2, 0.25) is 10.0 Å². The molecule has 0 atom stereocenters. The van der Waals surface area contributed by atoms with Crippen molar-refractivity contribution in [3.63, 3.8) is 0 Å². The number of hydrogen-bond acceptors (Lipinski definition) is 5. The Morgan fingerprint density at radius 3 is 2.40 bits per heavy atom. The maximum absolute atomic E-state index is 13.4. The summed E-state index contributed by atoms with van der Waals surface area (Å²) < 4.78 is 50.8. The number of halogens is 1. The van der Waals surface area contributed by atoms with Gasteiger partial charge in [0.1, 0.15) is 12.4 Å². The van der Waals surface area contributed by atoms with Crippen LogP contribution >= 0.6 is 0 Å². The zero-order valence-electron chi connectivity index (χ0n) is 16.6. The van der Waals surface area contributed by atoms with Crippen LogP contribution in [-0.4, -0.2) is 51.5 Å². The van der Waals surface area contributed by atoms with Crippen molar-refractivity contribution in [3.8, 4) is 11.5 Å². The minimum atomic E-state index is -3.47. The Bertz CT molecular complexity index is 944. The van der Waals surface area contributed by atoms with Crippen LogP contribution in [0.2, 0.25) is 0 Å². The molecule has 1 fully saturated rings. The van der Waals surface area contributed by atoms with Gasteiger partial charge in [0.25, 0.3) is 5.91 Å². The van der Waals surface area contributed by atoms with Crippen LogP contribution < -0.4 is 14.8 Å². The summed E-state index contributed by atoms with van der Waals surface area (Å²) in [5.74, 6) is -0.405. The van der Waals surface area contributed by atoms with E-state index in [1.165, 1.54) is 34.6 Å². The summed E-state index contributed by atoms with van der Waals surface area (Å²) >= 11 is 0. The lowest BCUT2D eigenvalue weighted by molar-refractivity contribution is -0.123. The Balaban J connectivity index is 1.40. The molecule has 9 heteroatoms. The molecule has 2 aromatic rings. The molecule has 1 amide bonds. The number of rotatable bonds is 9. The molecular weight excluding hydrogens is 411 g/mol. The number of sulfonamides is 1. The smallest absolute Gasteiger partial charge is 0.258 e. The van der Waals surface area contributed by atoms with E-state index in [1.807, 2.05) is 0 Å². The van der Waals surface area contributed by atoms with Gasteiger partial charge in [0.15, 0.2) is 18.2 Å². The van der Waals surface area contributed by atoms with E-state index in [4.69, 9.17) is 9.47 Å². The van der Waals surface area contributed by atoms with E-state index in [2.05, 4.69) is 5.32 Å². The Kier molecular flexibility index (Phi) is 7.64. The second-order valence-corrected chi connectivity index (χ2v) is 8.79. The van der Waals surface area contributed by atoms with Gasteiger partial charge in [-0.1, -0.05) is 18.6 Å². The molecule has 0 spiro atoms. The summed E-state index contributed by atoms with van der Waals surface area (Å²) in [6.45, 7) is 1.24. The van der Waals surface area contributed by atoms with E-state index >= 15 is 0 Å². The van der Waals surface area contributed by atoms with E-state index in [0.29, 0.717) is 18.8 Å². The maximum Gasteiger partial charge on any atom is 0.258 e. The number of benzene rings is 2. The topological polar surface area (TPSA) is 84.9 Å². The van der Waals surface area contributed by atoms with Crippen molar-refractivity contribution in [2.24, 2.45) is 0 Å². The molecule has 0 saturated carbocycles. The molecule has 0 bridgehead atoms. The summed E-state index contributed by atoms with van der Waals surface area (Å²) in [6.07, 6.45) is 2.83.